The summed E-state index contributed by atoms with van der Waals surface area (Å²) in [4.78, 5) is 1.15. The van der Waals surface area contributed by atoms with E-state index in [1.807, 2.05) is 13.0 Å². The van der Waals surface area contributed by atoms with E-state index in [-0.39, 0.29) is 5.82 Å². The first-order valence-electron chi connectivity index (χ1n) is 3.62. The molecule has 2 rings (SSSR count). The first kappa shape index (κ1) is 7.55. The minimum Gasteiger partial charge on any atom is -0.398 e. The van der Waals surface area contributed by atoms with Crippen LogP contribution in [-0.4, -0.2) is 0 Å². The van der Waals surface area contributed by atoms with E-state index in [4.69, 9.17) is 5.73 Å². The normalized spacial score (nSPS) is 10.8. The van der Waals surface area contributed by atoms with Crippen molar-refractivity contribution in [3.8, 4) is 0 Å². The third-order valence-electron chi connectivity index (χ3n) is 1.76. The number of halogens is 1. The first-order chi connectivity index (χ1) is 5.66. The van der Waals surface area contributed by atoms with Crippen molar-refractivity contribution in [2.24, 2.45) is 0 Å². The van der Waals surface area contributed by atoms with Gasteiger partial charge in [-0.1, -0.05) is 0 Å². The average molecular weight is 181 g/mol. The second-order valence-electron chi connectivity index (χ2n) is 2.76. The molecular weight excluding hydrogens is 173 g/mol. The smallest absolute Gasteiger partial charge is 0.126 e. The lowest BCUT2D eigenvalue weighted by Gasteiger charge is -1.94. The molecule has 0 atom stereocenters. The summed E-state index contributed by atoms with van der Waals surface area (Å²) in [6.07, 6.45) is 0. The van der Waals surface area contributed by atoms with Gasteiger partial charge in [-0.25, -0.2) is 4.39 Å². The van der Waals surface area contributed by atoms with Crippen molar-refractivity contribution in [1.82, 2.24) is 0 Å². The number of hydrogen-bond donors (Lipinski definition) is 1. The molecule has 0 amide bonds. The van der Waals surface area contributed by atoms with Crippen LogP contribution in [0.3, 0.4) is 0 Å². The van der Waals surface area contributed by atoms with Crippen LogP contribution >= 0.6 is 11.3 Å². The lowest BCUT2D eigenvalue weighted by molar-refractivity contribution is 0.630. The van der Waals surface area contributed by atoms with Crippen molar-refractivity contribution in [2.75, 3.05) is 5.73 Å². The summed E-state index contributed by atoms with van der Waals surface area (Å²) in [5, 5.41) is 0.957. The summed E-state index contributed by atoms with van der Waals surface area (Å²) in [6, 6.07) is 4.85. The zero-order chi connectivity index (χ0) is 8.72. The summed E-state index contributed by atoms with van der Waals surface area (Å²) in [5.74, 6) is -0.262. The number of aryl methyl sites for hydroxylation is 1. The van der Waals surface area contributed by atoms with Crippen LogP contribution < -0.4 is 5.73 Å². The van der Waals surface area contributed by atoms with Gasteiger partial charge in [-0.15, -0.1) is 11.3 Å². The zero-order valence-electron chi connectivity index (χ0n) is 6.60. The molecule has 0 fully saturated rings. The molecule has 2 aromatic rings. The molecule has 1 nitrogen and oxygen atoms in total. The van der Waals surface area contributed by atoms with E-state index in [9.17, 15) is 4.39 Å². The van der Waals surface area contributed by atoms with Gasteiger partial charge in [-0.3, -0.25) is 0 Å². The van der Waals surface area contributed by atoms with Gasteiger partial charge in [-0.05, 0) is 25.1 Å². The number of hydrogen-bond acceptors (Lipinski definition) is 2. The molecule has 1 aromatic heterocycles. The fourth-order valence-electron chi connectivity index (χ4n) is 1.26. The largest absolute Gasteiger partial charge is 0.398 e. The Morgan fingerprint density at radius 2 is 2.08 bits per heavy atom. The first-order valence-corrected chi connectivity index (χ1v) is 4.43. The highest BCUT2D eigenvalue weighted by atomic mass is 32.1. The lowest BCUT2D eigenvalue weighted by Crippen LogP contribution is -1.85. The van der Waals surface area contributed by atoms with Crippen molar-refractivity contribution in [3.63, 3.8) is 0 Å². The van der Waals surface area contributed by atoms with Crippen LogP contribution in [0.5, 0.6) is 0 Å². The number of nitrogen functional groups attached to an aromatic ring is 1. The van der Waals surface area contributed by atoms with E-state index < -0.39 is 0 Å². The number of rotatable bonds is 0. The van der Waals surface area contributed by atoms with Crippen LogP contribution in [0.1, 0.15) is 4.88 Å². The van der Waals surface area contributed by atoms with E-state index in [0.717, 1.165) is 15.0 Å². The Bertz CT molecular complexity index is 433. The Kier molecular flexibility index (Phi) is 1.54. The van der Waals surface area contributed by atoms with Gasteiger partial charge < -0.3 is 5.73 Å². The quantitative estimate of drug-likeness (QED) is 0.621. The monoisotopic (exact) mass is 181 g/mol. The predicted octanol–water partition coefficient (Wildman–Crippen LogP) is 2.93. The Labute approximate surface area is 73.6 Å². The second kappa shape index (κ2) is 2.45. The Balaban J connectivity index is 2.88. The molecule has 0 unspecified atom stereocenters. The van der Waals surface area contributed by atoms with E-state index in [0.29, 0.717) is 5.69 Å². The molecule has 0 spiro atoms. The van der Waals surface area contributed by atoms with Gasteiger partial charge >= 0.3 is 0 Å². The summed E-state index contributed by atoms with van der Waals surface area (Å²) in [5.41, 5.74) is 6.16. The van der Waals surface area contributed by atoms with Gasteiger partial charge in [-0.2, -0.15) is 0 Å². The van der Waals surface area contributed by atoms with Crippen molar-refractivity contribution in [2.45, 2.75) is 6.92 Å². The molecule has 0 aliphatic carbocycles. The molecule has 0 radical (unpaired) electrons. The number of anilines is 1. The highest BCUT2D eigenvalue weighted by molar-refractivity contribution is 7.19. The predicted molar refractivity (Wildman–Crippen MR) is 50.9 cm³/mol. The van der Waals surface area contributed by atoms with E-state index in [1.165, 1.54) is 12.1 Å². The lowest BCUT2D eigenvalue weighted by atomic mass is 10.2. The maximum Gasteiger partial charge on any atom is 0.126 e. The molecule has 3 heteroatoms. The van der Waals surface area contributed by atoms with Gasteiger partial charge in [0.2, 0.25) is 0 Å². The molecule has 2 N–H and O–H groups in total. The molecule has 1 heterocycles. The second-order valence-corrected chi connectivity index (χ2v) is 4.05. The van der Waals surface area contributed by atoms with Crippen molar-refractivity contribution < 1.29 is 4.39 Å². The van der Waals surface area contributed by atoms with Gasteiger partial charge in [0.15, 0.2) is 0 Å². The van der Waals surface area contributed by atoms with Gasteiger partial charge in [0.05, 0.1) is 0 Å². The topological polar surface area (TPSA) is 26.0 Å². The molecule has 0 aliphatic heterocycles. The molecular formula is C9H8FNS. The maximum absolute atomic E-state index is 12.8. The van der Waals surface area contributed by atoms with Gasteiger partial charge in [0.25, 0.3) is 0 Å². The highest BCUT2D eigenvalue weighted by Gasteiger charge is 2.03. The Hall–Kier alpha value is -1.09. The average Bonchev–Trinajstić information content (AvgIpc) is 2.29. The molecule has 0 saturated heterocycles. The van der Waals surface area contributed by atoms with Crippen LogP contribution in [0.15, 0.2) is 18.2 Å². The van der Waals surface area contributed by atoms with Crippen molar-refractivity contribution in [1.29, 1.82) is 0 Å². The van der Waals surface area contributed by atoms with Crippen LogP contribution in [0.25, 0.3) is 10.1 Å². The van der Waals surface area contributed by atoms with Crippen LogP contribution in [0.2, 0.25) is 0 Å². The number of nitrogens with two attached hydrogens (primary N) is 1. The number of fused-ring (bicyclic) bond motifs is 1. The molecule has 62 valence electrons. The standard InChI is InChI=1S/C9H8FNS/c1-5-2-7-8(11)3-6(10)4-9(7)12-5/h2-4H,11H2,1H3. The van der Waals surface area contributed by atoms with Crippen molar-refractivity contribution in [3.05, 3.63) is 28.9 Å². The molecule has 0 saturated carbocycles. The number of benzene rings is 1. The Morgan fingerprint density at radius 3 is 2.83 bits per heavy atom. The zero-order valence-corrected chi connectivity index (χ0v) is 7.41. The summed E-state index contributed by atoms with van der Waals surface area (Å²) < 4.78 is 13.8. The maximum atomic E-state index is 12.8. The van der Waals surface area contributed by atoms with E-state index in [2.05, 4.69) is 0 Å². The molecule has 0 aliphatic rings. The van der Waals surface area contributed by atoms with E-state index >= 15 is 0 Å². The van der Waals surface area contributed by atoms with Gasteiger partial charge in [0, 0.05) is 20.7 Å². The third-order valence-corrected chi connectivity index (χ3v) is 2.75. The summed E-state index contributed by atoms with van der Waals surface area (Å²) in [6.45, 7) is 1.99. The minimum atomic E-state index is -0.262. The summed E-state index contributed by atoms with van der Waals surface area (Å²) in [7, 11) is 0. The van der Waals surface area contributed by atoms with E-state index in [1.54, 1.807) is 11.3 Å². The fourth-order valence-corrected chi connectivity index (χ4v) is 2.24. The van der Waals surface area contributed by atoms with Gasteiger partial charge in [0.1, 0.15) is 5.82 Å². The Morgan fingerprint density at radius 1 is 1.33 bits per heavy atom. The third kappa shape index (κ3) is 1.06. The van der Waals surface area contributed by atoms with Crippen LogP contribution in [0.4, 0.5) is 10.1 Å². The molecule has 1 aromatic carbocycles. The van der Waals surface area contributed by atoms with Crippen molar-refractivity contribution >= 4 is 27.1 Å². The SMILES string of the molecule is Cc1cc2c(N)cc(F)cc2s1. The van der Waals surface area contributed by atoms with Crippen LogP contribution in [-0.2, 0) is 0 Å². The highest BCUT2D eigenvalue weighted by Crippen LogP contribution is 2.30. The van der Waals surface area contributed by atoms with Crippen LogP contribution in [0, 0.1) is 12.7 Å². The summed E-state index contributed by atoms with van der Waals surface area (Å²) >= 11 is 1.56. The molecule has 12 heavy (non-hydrogen) atoms. The molecule has 0 bridgehead atoms. The number of thiophene rings is 1. The fraction of sp³-hybridized carbons (Fsp3) is 0.111. The minimum absolute atomic E-state index is 0.262.